The molecule has 0 saturated carbocycles. The van der Waals surface area contributed by atoms with Crippen LogP contribution in [0.5, 0.6) is 0 Å². The second-order valence-electron chi connectivity index (χ2n) is 18.3. The Morgan fingerprint density at radius 1 is 0.397 bits per heavy atom. The molecule has 0 radical (unpaired) electrons. The molecular formula is C50H93NO12. The Labute approximate surface area is 382 Å². The summed E-state index contributed by atoms with van der Waals surface area (Å²) in [5.74, 6) is -1.70. The SMILES string of the molecule is CCCCCCCC(=O)OCC(C)(COC(=O)CCCCCCC)COC(=O)CCCNCCCC(=O)OCC(C)(COC(=O)CCCCCCC)COC(O)CCCCCCC. The molecule has 0 aromatic carbocycles. The van der Waals surface area contributed by atoms with Gasteiger partial charge in [-0.1, -0.05) is 137 Å². The molecule has 0 aliphatic heterocycles. The van der Waals surface area contributed by atoms with Crippen LogP contribution in [-0.4, -0.2) is 94.0 Å². The fraction of sp³-hybridized carbons (Fsp3) is 0.900. The molecule has 0 aromatic rings. The minimum atomic E-state index is -0.943. The summed E-state index contributed by atoms with van der Waals surface area (Å²) < 4.78 is 33.7. The number of aliphatic hydroxyl groups excluding tert-OH is 1. The number of hydrogen-bond acceptors (Lipinski definition) is 13. The summed E-state index contributed by atoms with van der Waals surface area (Å²) in [6.45, 7) is 13.2. The van der Waals surface area contributed by atoms with E-state index in [0.29, 0.717) is 51.6 Å². The van der Waals surface area contributed by atoms with Gasteiger partial charge in [-0.05, 0) is 65.0 Å². The maximum Gasteiger partial charge on any atom is 0.305 e. The average Bonchev–Trinajstić information content (AvgIpc) is 3.27. The van der Waals surface area contributed by atoms with E-state index in [0.717, 1.165) is 122 Å². The van der Waals surface area contributed by atoms with Gasteiger partial charge in [0.15, 0.2) is 6.29 Å². The Morgan fingerprint density at radius 2 is 0.667 bits per heavy atom. The van der Waals surface area contributed by atoms with Crippen molar-refractivity contribution in [2.75, 3.05) is 52.7 Å². The summed E-state index contributed by atoms with van der Waals surface area (Å²) in [5.41, 5.74) is -1.70. The van der Waals surface area contributed by atoms with Gasteiger partial charge in [-0.2, -0.15) is 0 Å². The van der Waals surface area contributed by atoms with Gasteiger partial charge in [0.2, 0.25) is 0 Å². The lowest BCUT2D eigenvalue weighted by molar-refractivity contribution is -0.168. The highest BCUT2D eigenvalue weighted by atomic mass is 16.6. The largest absolute Gasteiger partial charge is 0.465 e. The molecule has 0 amide bonds. The van der Waals surface area contributed by atoms with Crippen molar-refractivity contribution in [3.63, 3.8) is 0 Å². The normalized spacial score (nSPS) is 12.9. The zero-order chi connectivity index (χ0) is 46.9. The molecule has 0 heterocycles. The van der Waals surface area contributed by atoms with Crippen molar-refractivity contribution in [1.82, 2.24) is 5.32 Å². The van der Waals surface area contributed by atoms with Gasteiger partial charge in [0.1, 0.15) is 33.0 Å². The first kappa shape index (κ1) is 60.2. The Bertz CT molecular complexity index is 1140. The maximum absolute atomic E-state index is 12.7. The molecule has 0 saturated heterocycles. The van der Waals surface area contributed by atoms with E-state index in [2.05, 4.69) is 33.0 Å². The molecule has 13 nitrogen and oxygen atoms in total. The van der Waals surface area contributed by atoms with Crippen molar-refractivity contribution in [2.45, 2.75) is 228 Å². The summed E-state index contributed by atoms with van der Waals surface area (Å²) in [6, 6.07) is 0. The number of hydrogen-bond donors (Lipinski definition) is 2. The number of nitrogens with one attached hydrogen (secondary N) is 1. The van der Waals surface area contributed by atoms with Crippen molar-refractivity contribution in [2.24, 2.45) is 10.8 Å². The Balaban J connectivity index is 4.80. The standard InChI is InChI=1S/C50H93NO12/c1-7-11-15-19-23-29-43(52)58-37-49(5,38-59-44(53)30-24-20-16-12-8-2)41-62-47(56)33-27-35-51-36-28-34-48(57)63-42-50(6,39-60-45(54)31-25-21-17-13-9-3)40-61-46(55)32-26-22-18-14-10-4/h43,51-52H,7-42H2,1-6H3. The Hall–Kier alpha value is -2.77. The minimum absolute atomic E-state index is 0.0138. The predicted molar refractivity (Wildman–Crippen MR) is 248 cm³/mol. The first-order valence-electron chi connectivity index (χ1n) is 25.1. The van der Waals surface area contributed by atoms with Crippen LogP contribution in [0, 0.1) is 10.8 Å². The lowest BCUT2D eigenvalue weighted by atomic mass is 9.94. The number of ether oxygens (including phenoxy) is 6. The van der Waals surface area contributed by atoms with Crippen LogP contribution in [0.3, 0.4) is 0 Å². The highest BCUT2D eigenvalue weighted by Crippen LogP contribution is 2.23. The van der Waals surface area contributed by atoms with Crippen LogP contribution in [0.2, 0.25) is 0 Å². The van der Waals surface area contributed by atoms with Gasteiger partial charge in [0.25, 0.3) is 0 Å². The van der Waals surface area contributed by atoms with Crippen molar-refractivity contribution in [1.29, 1.82) is 0 Å². The number of esters is 5. The van der Waals surface area contributed by atoms with Crippen molar-refractivity contribution in [3.05, 3.63) is 0 Å². The molecule has 2 atom stereocenters. The van der Waals surface area contributed by atoms with Crippen LogP contribution in [-0.2, 0) is 52.4 Å². The number of carbonyl (C=O) groups is 5. The molecule has 0 spiro atoms. The lowest BCUT2D eigenvalue weighted by Crippen LogP contribution is -2.37. The molecule has 0 rings (SSSR count). The highest BCUT2D eigenvalue weighted by Gasteiger charge is 2.32. The van der Waals surface area contributed by atoms with Gasteiger partial charge in [-0.15, -0.1) is 0 Å². The van der Waals surface area contributed by atoms with E-state index in [4.69, 9.17) is 28.4 Å². The monoisotopic (exact) mass is 900 g/mol. The van der Waals surface area contributed by atoms with Gasteiger partial charge < -0.3 is 38.8 Å². The zero-order valence-corrected chi connectivity index (χ0v) is 41.0. The molecule has 63 heavy (non-hydrogen) atoms. The summed E-state index contributed by atoms with van der Waals surface area (Å²) in [7, 11) is 0. The van der Waals surface area contributed by atoms with Crippen molar-refractivity contribution < 1.29 is 57.5 Å². The molecule has 2 N–H and O–H groups in total. The molecular weight excluding hydrogens is 807 g/mol. The third-order valence-electron chi connectivity index (χ3n) is 11.0. The molecule has 2 unspecified atom stereocenters. The smallest absolute Gasteiger partial charge is 0.305 e. The van der Waals surface area contributed by atoms with E-state index in [1.165, 1.54) is 6.42 Å². The molecule has 370 valence electrons. The number of unbranched alkanes of at least 4 members (excludes halogenated alkanes) is 16. The van der Waals surface area contributed by atoms with Crippen LogP contribution >= 0.6 is 0 Å². The van der Waals surface area contributed by atoms with Crippen molar-refractivity contribution >= 4 is 29.8 Å². The van der Waals surface area contributed by atoms with Crippen LogP contribution in [0.15, 0.2) is 0 Å². The first-order chi connectivity index (χ1) is 30.3. The van der Waals surface area contributed by atoms with E-state index in [1.807, 2.05) is 6.92 Å². The molecule has 0 aliphatic carbocycles. The molecule has 0 fully saturated rings. The fourth-order valence-corrected chi connectivity index (χ4v) is 6.65. The molecule has 0 aromatic heterocycles. The summed E-state index contributed by atoms with van der Waals surface area (Å²) in [6.07, 6.45) is 22.5. The fourth-order valence-electron chi connectivity index (χ4n) is 6.65. The van der Waals surface area contributed by atoms with E-state index in [9.17, 15) is 29.1 Å². The van der Waals surface area contributed by atoms with Gasteiger partial charge in [0, 0.05) is 32.1 Å². The Kier molecular flexibility index (Phi) is 38.9. The third-order valence-corrected chi connectivity index (χ3v) is 11.0. The van der Waals surface area contributed by atoms with E-state index in [-0.39, 0.29) is 76.4 Å². The number of carbonyl (C=O) groups excluding carboxylic acids is 5. The van der Waals surface area contributed by atoms with Gasteiger partial charge >= 0.3 is 29.8 Å². The second-order valence-corrected chi connectivity index (χ2v) is 18.3. The Morgan fingerprint density at radius 3 is 0.984 bits per heavy atom. The second kappa shape index (κ2) is 40.7. The zero-order valence-electron chi connectivity index (χ0n) is 41.0. The predicted octanol–water partition coefficient (Wildman–Crippen LogP) is 10.6. The van der Waals surface area contributed by atoms with Gasteiger partial charge in [-0.25, -0.2) is 0 Å². The third kappa shape index (κ3) is 38.2. The highest BCUT2D eigenvalue weighted by molar-refractivity contribution is 5.71. The van der Waals surface area contributed by atoms with E-state index < -0.39 is 23.1 Å². The first-order valence-corrected chi connectivity index (χ1v) is 25.1. The maximum atomic E-state index is 12.7. The van der Waals surface area contributed by atoms with E-state index in [1.54, 1.807) is 6.92 Å². The molecule has 0 bridgehead atoms. The van der Waals surface area contributed by atoms with Crippen LogP contribution in [0.25, 0.3) is 0 Å². The number of rotatable bonds is 45. The lowest BCUT2D eigenvalue weighted by Gasteiger charge is -2.29. The minimum Gasteiger partial charge on any atom is -0.465 e. The average molecular weight is 900 g/mol. The van der Waals surface area contributed by atoms with Crippen molar-refractivity contribution in [3.8, 4) is 0 Å². The van der Waals surface area contributed by atoms with E-state index >= 15 is 0 Å². The topological polar surface area (TPSA) is 173 Å². The van der Waals surface area contributed by atoms with Crippen LogP contribution in [0.1, 0.15) is 221 Å². The van der Waals surface area contributed by atoms with Crippen LogP contribution in [0.4, 0.5) is 0 Å². The van der Waals surface area contributed by atoms with Gasteiger partial charge in [-0.3, -0.25) is 24.0 Å². The number of aliphatic hydroxyl groups is 1. The van der Waals surface area contributed by atoms with Crippen LogP contribution < -0.4 is 5.32 Å². The molecule has 13 heteroatoms. The summed E-state index contributed by atoms with van der Waals surface area (Å²) >= 11 is 0. The quantitative estimate of drug-likeness (QED) is 0.0256. The van der Waals surface area contributed by atoms with Gasteiger partial charge in [0.05, 0.1) is 17.4 Å². The summed E-state index contributed by atoms with van der Waals surface area (Å²) in [4.78, 5) is 62.9. The molecule has 0 aliphatic rings. The summed E-state index contributed by atoms with van der Waals surface area (Å²) in [5, 5.41) is 13.7.